The molecule has 1 saturated carbocycles. The monoisotopic (exact) mass is 836 g/mol. The van der Waals surface area contributed by atoms with Gasteiger partial charge in [0.2, 0.25) is 5.91 Å². The molecule has 4 aromatic rings. The van der Waals surface area contributed by atoms with Gasteiger partial charge in [0.15, 0.2) is 0 Å². The van der Waals surface area contributed by atoms with E-state index in [4.69, 9.17) is 16.3 Å². The van der Waals surface area contributed by atoms with Gasteiger partial charge in [-0.3, -0.25) is 29.4 Å². The van der Waals surface area contributed by atoms with Gasteiger partial charge in [-0.15, -0.1) is 0 Å². The maximum atomic E-state index is 15.7. The second kappa shape index (κ2) is 16.2. The minimum Gasteiger partial charge on any atom is -0.489 e. The van der Waals surface area contributed by atoms with Crippen molar-refractivity contribution in [1.29, 1.82) is 5.26 Å². The predicted octanol–water partition coefficient (Wildman–Crippen LogP) is 5.69. The third kappa shape index (κ3) is 7.81. The number of amides is 3. The van der Waals surface area contributed by atoms with Crippen LogP contribution >= 0.6 is 11.6 Å². The summed E-state index contributed by atoms with van der Waals surface area (Å²) >= 11 is 6.24. The van der Waals surface area contributed by atoms with Gasteiger partial charge in [0.1, 0.15) is 29.8 Å². The number of carbonyl (C=O) groups is 3. The molecule has 4 heterocycles. The molecule has 2 N–H and O–H groups in total. The van der Waals surface area contributed by atoms with Gasteiger partial charge in [-0.2, -0.15) is 10.4 Å². The van der Waals surface area contributed by atoms with E-state index in [2.05, 4.69) is 36.5 Å². The minimum absolute atomic E-state index is 0.170. The van der Waals surface area contributed by atoms with E-state index in [9.17, 15) is 24.4 Å². The molecule has 0 bridgehead atoms. The Bertz CT molecular complexity index is 2430. The van der Waals surface area contributed by atoms with Crippen LogP contribution < -0.4 is 30.7 Å². The van der Waals surface area contributed by atoms with Crippen molar-refractivity contribution in [3.8, 4) is 11.8 Å². The van der Waals surface area contributed by atoms with Crippen LogP contribution in [0.5, 0.6) is 5.75 Å². The summed E-state index contributed by atoms with van der Waals surface area (Å²) in [7, 11) is 0. The molecule has 3 saturated heterocycles. The largest absolute Gasteiger partial charge is 0.489 e. The lowest BCUT2D eigenvalue weighted by molar-refractivity contribution is -0.164. The molecule has 314 valence electrons. The molecule has 0 unspecified atom stereocenters. The topological polar surface area (TPSA) is 153 Å². The van der Waals surface area contributed by atoms with Crippen molar-refractivity contribution in [2.24, 2.45) is 16.7 Å². The van der Waals surface area contributed by atoms with Gasteiger partial charge in [-0.1, -0.05) is 39.3 Å². The molecule has 4 fully saturated rings. The minimum atomic E-state index is -0.799. The van der Waals surface area contributed by atoms with Crippen LogP contribution in [0.15, 0.2) is 65.6 Å². The van der Waals surface area contributed by atoms with E-state index in [0.717, 1.165) is 64.3 Å². The zero-order chi connectivity index (χ0) is 42.5. The van der Waals surface area contributed by atoms with Crippen molar-refractivity contribution in [3.05, 3.63) is 93.1 Å². The number of nitriles is 1. The molecule has 60 heavy (non-hydrogen) atoms. The number of piperazine rings is 1. The second-order valence-corrected chi connectivity index (χ2v) is 18.2. The Morgan fingerprint density at radius 2 is 1.68 bits per heavy atom. The second-order valence-electron chi connectivity index (χ2n) is 17.8. The van der Waals surface area contributed by atoms with Crippen LogP contribution in [0.25, 0.3) is 10.8 Å². The summed E-state index contributed by atoms with van der Waals surface area (Å²) in [6.45, 7) is 14.1. The standard InChI is InChI=1S/C45H50ClFN8O5/c1-44(2)42(45(3,4)43(44)60-32-8-5-29(24-48)34(46)23-32)51-39(57)28-6-10-36(35(47)22-28)54-15-13-27(14-16-54)26-52-17-19-53(20-18-52)31-7-9-33-30(21-31)25-49-55(41(33)59)37-11-12-38(56)50-40(37)58/h5-10,21-23,25,27,37,42-43H,11-20,26H2,1-4H3,(H,51,57)(H,50,56,58)/t37-,42?,43?/m1/s1. The highest BCUT2D eigenvalue weighted by Gasteiger charge is 2.64. The van der Waals surface area contributed by atoms with Crippen molar-refractivity contribution < 1.29 is 23.5 Å². The zero-order valence-electron chi connectivity index (χ0n) is 34.3. The first kappa shape index (κ1) is 41.2. The van der Waals surface area contributed by atoms with Crippen LogP contribution in [0.4, 0.5) is 15.8 Å². The number of benzene rings is 3. The lowest BCUT2D eigenvalue weighted by atomic mass is 9.49. The molecular formula is C45H50ClFN8O5. The third-order valence-corrected chi connectivity index (χ3v) is 13.5. The zero-order valence-corrected chi connectivity index (χ0v) is 35.1. The molecule has 1 aliphatic carbocycles. The van der Waals surface area contributed by atoms with Crippen LogP contribution in [0.3, 0.4) is 0 Å². The summed E-state index contributed by atoms with van der Waals surface area (Å²) in [6, 6.07) is 16.5. The summed E-state index contributed by atoms with van der Waals surface area (Å²) in [6.07, 6.45) is 3.67. The lowest BCUT2D eigenvalue weighted by Crippen LogP contribution is -2.74. The Morgan fingerprint density at radius 3 is 2.35 bits per heavy atom. The van der Waals surface area contributed by atoms with E-state index in [1.54, 1.807) is 42.6 Å². The number of anilines is 2. The van der Waals surface area contributed by atoms with Gasteiger partial charge in [0, 0.05) is 91.8 Å². The Labute approximate surface area is 353 Å². The molecular weight excluding hydrogens is 787 g/mol. The number of aromatic nitrogens is 2. The van der Waals surface area contributed by atoms with Gasteiger partial charge in [0.25, 0.3) is 17.4 Å². The number of carbonyl (C=O) groups excluding carboxylic acids is 3. The highest BCUT2D eigenvalue weighted by molar-refractivity contribution is 6.31. The van der Waals surface area contributed by atoms with Crippen molar-refractivity contribution in [2.45, 2.75) is 71.6 Å². The van der Waals surface area contributed by atoms with E-state index in [1.165, 1.54) is 10.7 Å². The Hall–Kier alpha value is -5.52. The van der Waals surface area contributed by atoms with E-state index >= 15 is 4.39 Å². The van der Waals surface area contributed by atoms with Crippen LogP contribution in [-0.4, -0.2) is 90.4 Å². The molecule has 1 atom stereocenters. The fourth-order valence-electron chi connectivity index (χ4n) is 10.1. The number of rotatable bonds is 9. The van der Waals surface area contributed by atoms with Gasteiger partial charge < -0.3 is 19.9 Å². The highest BCUT2D eigenvalue weighted by atomic mass is 35.5. The number of fused-ring (bicyclic) bond motifs is 1. The summed E-state index contributed by atoms with van der Waals surface area (Å²) in [5.41, 5.74) is 0.943. The van der Waals surface area contributed by atoms with E-state index < -0.39 is 28.6 Å². The summed E-state index contributed by atoms with van der Waals surface area (Å²) in [5.74, 6) is -0.534. The smallest absolute Gasteiger partial charge is 0.275 e. The lowest BCUT2D eigenvalue weighted by Gasteiger charge is -2.63. The SMILES string of the molecule is CC1(C)C(NC(=O)c2ccc(N3CCC(CN4CCN(c5ccc6c(=O)n([C@@H]7CCC(=O)NC7=O)ncc6c5)CC4)CC3)c(F)c2)C(C)(C)C1Oc1ccc(C#N)c(Cl)c1. The fourth-order valence-corrected chi connectivity index (χ4v) is 10.3. The summed E-state index contributed by atoms with van der Waals surface area (Å²) < 4.78 is 23.2. The Kier molecular flexibility index (Phi) is 11.1. The normalized spacial score (nSPS) is 23.1. The molecule has 0 spiro atoms. The molecule has 15 heteroatoms. The van der Waals surface area contributed by atoms with E-state index in [1.807, 2.05) is 39.8 Å². The van der Waals surface area contributed by atoms with Crippen LogP contribution in [-0.2, 0) is 9.59 Å². The van der Waals surface area contributed by atoms with Crippen LogP contribution in [0.2, 0.25) is 5.02 Å². The molecule has 13 nitrogen and oxygen atoms in total. The van der Waals surface area contributed by atoms with Gasteiger partial charge in [-0.25, -0.2) is 9.07 Å². The quantitative estimate of drug-likeness (QED) is 0.201. The van der Waals surface area contributed by atoms with Crippen molar-refractivity contribution >= 4 is 51.5 Å². The van der Waals surface area contributed by atoms with Crippen LogP contribution in [0, 0.1) is 33.9 Å². The number of piperidine rings is 2. The highest BCUT2D eigenvalue weighted by Crippen LogP contribution is 2.55. The first-order valence-electron chi connectivity index (χ1n) is 20.7. The van der Waals surface area contributed by atoms with Gasteiger partial charge in [-0.05, 0) is 73.7 Å². The number of halogens is 2. The molecule has 1 aromatic heterocycles. The summed E-state index contributed by atoms with van der Waals surface area (Å²) in [5, 5.41) is 20.5. The average Bonchev–Trinajstić information content (AvgIpc) is 3.22. The maximum absolute atomic E-state index is 15.7. The third-order valence-electron chi connectivity index (χ3n) is 13.1. The first-order chi connectivity index (χ1) is 28.6. The number of ether oxygens (including phenoxy) is 1. The number of hydrogen-bond donors (Lipinski definition) is 2. The molecule has 4 aliphatic rings. The number of nitrogens with zero attached hydrogens (tertiary/aromatic N) is 6. The molecule has 0 radical (unpaired) electrons. The summed E-state index contributed by atoms with van der Waals surface area (Å²) in [4.78, 5) is 57.6. The molecule has 8 rings (SSSR count). The van der Waals surface area contributed by atoms with E-state index in [-0.39, 0.29) is 47.9 Å². The molecule has 3 amide bonds. The molecule has 3 aliphatic heterocycles. The number of hydrogen-bond acceptors (Lipinski definition) is 10. The van der Waals surface area contributed by atoms with Gasteiger partial charge in [0.05, 0.1) is 27.9 Å². The van der Waals surface area contributed by atoms with Crippen molar-refractivity contribution in [1.82, 2.24) is 25.3 Å². The Morgan fingerprint density at radius 1 is 0.950 bits per heavy atom. The van der Waals surface area contributed by atoms with E-state index in [0.29, 0.717) is 38.7 Å². The van der Waals surface area contributed by atoms with Crippen LogP contribution in [0.1, 0.15) is 75.3 Å². The maximum Gasteiger partial charge on any atom is 0.275 e. The first-order valence-corrected chi connectivity index (χ1v) is 21.1. The van der Waals surface area contributed by atoms with Crippen molar-refractivity contribution in [2.75, 3.05) is 55.6 Å². The number of nitrogens with one attached hydrogen (secondary N) is 2. The predicted molar refractivity (Wildman–Crippen MR) is 227 cm³/mol. The fraction of sp³-hybridized carbons (Fsp3) is 0.467. The molecule has 3 aromatic carbocycles. The average molecular weight is 837 g/mol. The van der Waals surface area contributed by atoms with Gasteiger partial charge >= 0.3 is 0 Å². The van der Waals surface area contributed by atoms with Crippen molar-refractivity contribution in [3.63, 3.8) is 0 Å². The Balaban J connectivity index is 0.808. The number of imide groups is 1.